The van der Waals surface area contributed by atoms with Crippen LogP contribution in [0.5, 0.6) is 11.5 Å². The van der Waals surface area contributed by atoms with Gasteiger partial charge in [0.1, 0.15) is 29.0 Å². The molecule has 0 bridgehead atoms. The van der Waals surface area contributed by atoms with Crippen LogP contribution in [0, 0.1) is 11.6 Å². The van der Waals surface area contributed by atoms with Gasteiger partial charge in [-0.3, -0.25) is 0 Å². The van der Waals surface area contributed by atoms with Gasteiger partial charge >= 0.3 is 0 Å². The molecule has 1 aromatic heterocycles. The minimum Gasteiger partial charge on any atom is -0.497 e. The summed E-state index contributed by atoms with van der Waals surface area (Å²) >= 11 is 0. The highest BCUT2D eigenvalue weighted by Gasteiger charge is 2.09. The van der Waals surface area contributed by atoms with E-state index in [2.05, 4.69) is 20.6 Å². The van der Waals surface area contributed by atoms with Crippen LogP contribution in [0.4, 0.5) is 31.9 Å². The molecule has 2 N–H and O–H groups in total. The maximum absolute atomic E-state index is 13.8. The first-order valence-corrected chi connectivity index (χ1v) is 7.63. The van der Waals surface area contributed by atoms with Crippen molar-refractivity contribution in [2.75, 3.05) is 24.9 Å². The maximum Gasteiger partial charge on any atom is 0.229 e. The number of nitrogens with zero attached hydrogens (tertiary/aromatic N) is 2. The number of aromatic nitrogens is 2. The minimum absolute atomic E-state index is 0.0746. The Morgan fingerprint density at radius 2 is 1.69 bits per heavy atom. The van der Waals surface area contributed by atoms with Crippen molar-refractivity contribution in [1.82, 2.24) is 9.97 Å². The van der Waals surface area contributed by atoms with E-state index in [9.17, 15) is 8.78 Å². The summed E-state index contributed by atoms with van der Waals surface area (Å²) in [5.74, 6) is 0.465. The molecule has 0 unspecified atom stereocenters. The van der Waals surface area contributed by atoms with Crippen LogP contribution in [0.25, 0.3) is 0 Å². The van der Waals surface area contributed by atoms with E-state index >= 15 is 0 Å². The summed E-state index contributed by atoms with van der Waals surface area (Å²) in [6.45, 7) is 0. The number of nitrogens with one attached hydrogen (secondary N) is 2. The molecule has 0 spiro atoms. The lowest BCUT2D eigenvalue weighted by Gasteiger charge is -2.13. The van der Waals surface area contributed by atoms with Gasteiger partial charge in [-0.15, -0.1) is 0 Å². The molecule has 3 aromatic rings. The molecule has 0 saturated carbocycles. The Bertz CT molecular complexity index is 921. The van der Waals surface area contributed by atoms with Gasteiger partial charge in [-0.2, -0.15) is 4.98 Å². The molecular weight excluding hydrogens is 342 g/mol. The zero-order valence-corrected chi connectivity index (χ0v) is 14.1. The number of hydrogen-bond donors (Lipinski definition) is 2. The van der Waals surface area contributed by atoms with Crippen LogP contribution in [-0.2, 0) is 0 Å². The molecule has 0 amide bonds. The minimum atomic E-state index is -0.733. The van der Waals surface area contributed by atoms with Gasteiger partial charge in [-0.05, 0) is 30.3 Å². The van der Waals surface area contributed by atoms with E-state index in [1.165, 1.54) is 12.3 Å². The predicted octanol–water partition coefficient (Wildman–Crippen LogP) is 4.26. The van der Waals surface area contributed by atoms with Crippen molar-refractivity contribution in [2.45, 2.75) is 0 Å². The van der Waals surface area contributed by atoms with E-state index in [1.807, 2.05) is 0 Å². The van der Waals surface area contributed by atoms with Crippen molar-refractivity contribution < 1.29 is 18.3 Å². The van der Waals surface area contributed by atoms with E-state index in [4.69, 9.17) is 9.47 Å². The van der Waals surface area contributed by atoms with Gasteiger partial charge in [0.2, 0.25) is 5.95 Å². The number of halogens is 2. The van der Waals surface area contributed by atoms with Gasteiger partial charge in [0, 0.05) is 18.3 Å². The van der Waals surface area contributed by atoms with Gasteiger partial charge < -0.3 is 20.1 Å². The molecule has 0 radical (unpaired) electrons. The second kappa shape index (κ2) is 7.64. The molecule has 0 atom stereocenters. The molecule has 3 rings (SSSR count). The molecule has 0 aliphatic rings. The standard InChI is InChI=1S/C18H16F2N4O2/c1-25-12-4-6-15(16(10-12)26-2)22-17-7-8-21-18(24-17)23-14-5-3-11(19)9-13(14)20/h3-10H,1-2H3,(H2,21,22,23,24). The van der Waals surface area contributed by atoms with Crippen LogP contribution in [0.3, 0.4) is 0 Å². The van der Waals surface area contributed by atoms with Crippen molar-refractivity contribution >= 4 is 23.1 Å². The molecule has 26 heavy (non-hydrogen) atoms. The molecule has 6 nitrogen and oxygen atoms in total. The average Bonchev–Trinajstić information content (AvgIpc) is 2.65. The van der Waals surface area contributed by atoms with Crippen molar-refractivity contribution in [3.05, 3.63) is 60.3 Å². The summed E-state index contributed by atoms with van der Waals surface area (Å²) in [7, 11) is 3.11. The first kappa shape index (κ1) is 17.4. The molecule has 134 valence electrons. The molecule has 1 heterocycles. The normalized spacial score (nSPS) is 10.3. The van der Waals surface area contributed by atoms with E-state index in [0.29, 0.717) is 23.0 Å². The lowest BCUT2D eigenvalue weighted by molar-refractivity contribution is 0.395. The van der Waals surface area contributed by atoms with Crippen LogP contribution >= 0.6 is 0 Å². The predicted molar refractivity (Wildman–Crippen MR) is 94.5 cm³/mol. The number of methoxy groups -OCH3 is 2. The van der Waals surface area contributed by atoms with Crippen LogP contribution in [-0.4, -0.2) is 24.2 Å². The molecule has 8 heteroatoms. The zero-order chi connectivity index (χ0) is 18.5. The van der Waals surface area contributed by atoms with Crippen LogP contribution < -0.4 is 20.1 Å². The third-order valence-electron chi connectivity index (χ3n) is 3.50. The average molecular weight is 358 g/mol. The summed E-state index contributed by atoms with van der Waals surface area (Å²) in [6, 6.07) is 10.2. The van der Waals surface area contributed by atoms with Gasteiger partial charge in [0.15, 0.2) is 0 Å². The third kappa shape index (κ3) is 3.97. The van der Waals surface area contributed by atoms with Crippen molar-refractivity contribution in [3.8, 4) is 11.5 Å². The van der Waals surface area contributed by atoms with Crippen molar-refractivity contribution in [2.24, 2.45) is 0 Å². The Balaban J connectivity index is 1.81. The summed E-state index contributed by atoms with van der Waals surface area (Å²) in [5, 5.41) is 5.82. The topological polar surface area (TPSA) is 68.3 Å². The molecular formula is C18H16F2N4O2. The number of anilines is 4. The molecule has 0 aliphatic carbocycles. The number of rotatable bonds is 6. The Morgan fingerprint density at radius 3 is 2.42 bits per heavy atom. The summed E-state index contributed by atoms with van der Waals surface area (Å²) in [6.07, 6.45) is 1.51. The first-order chi connectivity index (χ1) is 12.6. The maximum atomic E-state index is 13.8. The second-order valence-corrected chi connectivity index (χ2v) is 5.21. The smallest absolute Gasteiger partial charge is 0.229 e. The Labute approximate surface area is 148 Å². The summed E-state index contributed by atoms with van der Waals surface area (Å²) in [5.41, 5.74) is 0.747. The SMILES string of the molecule is COc1ccc(Nc2ccnc(Nc3ccc(F)cc3F)n2)c(OC)c1. The molecule has 0 aliphatic heterocycles. The fourth-order valence-electron chi connectivity index (χ4n) is 2.24. The monoisotopic (exact) mass is 358 g/mol. The number of benzene rings is 2. The fourth-order valence-corrected chi connectivity index (χ4v) is 2.24. The van der Waals surface area contributed by atoms with Crippen molar-refractivity contribution in [3.63, 3.8) is 0 Å². The Hall–Kier alpha value is -3.42. The second-order valence-electron chi connectivity index (χ2n) is 5.21. The zero-order valence-electron chi connectivity index (χ0n) is 14.1. The number of ether oxygens (including phenoxy) is 2. The highest BCUT2D eigenvalue weighted by Crippen LogP contribution is 2.31. The quantitative estimate of drug-likeness (QED) is 0.686. The number of hydrogen-bond acceptors (Lipinski definition) is 6. The Morgan fingerprint density at radius 1 is 0.885 bits per heavy atom. The summed E-state index contributed by atoms with van der Waals surface area (Å²) < 4.78 is 37.2. The highest BCUT2D eigenvalue weighted by molar-refractivity contribution is 5.66. The first-order valence-electron chi connectivity index (χ1n) is 7.63. The molecule has 0 saturated heterocycles. The van der Waals surface area contributed by atoms with Gasteiger partial charge in [0.05, 0.1) is 25.6 Å². The fraction of sp³-hybridized carbons (Fsp3) is 0.111. The lowest BCUT2D eigenvalue weighted by Crippen LogP contribution is -2.02. The third-order valence-corrected chi connectivity index (χ3v) is 3.50. The van der Waals surface area contributed by atoms with E-state index in [-0.39, 0.29) is 11.6 Å². The Kier molecular flexibility index (Phi) is 5.12. The van der Waals surface area contributed by atoms with E-state index in [1.54, 1.807) is 38.5 Å². The van der Waals surface area contributed by atoms with Crippen LogP contribution in [0.1, 0.15) is 0 Å². The van der Waals surface area contributed by atoms with Crippen LogP contribution in [0.2, 0.25) is 0 Å². The van der Waals surface area contributed by atoms with Gasteiger partial charge in [-0.25, -0.2) is 13.8 Å². The van der Waals surface area contributed by atoms with Crippen LogP contribution in [0.15, 0.2) is 48.7 Å². The lowest BCUT2D eigenvalue weighted by atomic mass is 10.2. The van der Waals surface area contributed by atoms with E-state index < -0.39 is 11.6 Å². The van der Waals surface area contributed by atoms with E-state index in [0.717, 1.165) is 12.1 Å². The van der Waals surface area contributed by atoms with Gasteiger partial charge in [-0.1, -0.05) is 0 Å². The molecule has 2 aromatic carbocycles. The van der Waals surface area contributed by atoms with Gasteiger partial charge in [0.25, 0.3) is 0 Å². The largest absolute Gasteiger partial charge is 0.497 e. The summed E-state index contributed by atoms with van der Waals surface area (Å²) in [4.78, 5) is 8.30. The molecule has 0 fully saturated rings. The highest BCUT2D eigenvalue weighted by atomic mass is 19.1. The van der Waals surface area contributed by atoms with Crippen molar-refractivity contribution in [1.29, 1.82) is 0 Å².